The highest BCUT2D eigenvalue weighted by Crippen LogP contribution is 2.09. The highest BCUT2D eigenvalue weighted by atomic mass is 16.5. The topological polar surface area (TPSA) is 22.4 Å². The second kappa shape index (κ2) is 3.98. The largest absolute Gasteiger partial charge is 0.497 e. The van der Waals surface area contributed by atoms with E-state index < -0.39 is 0 Å². The van der Waals surface area contributed by atoms with Crippen LogP contribution in [0.3, 0.4) is 0 Å². The Bertz CT molecular complexity index is 717. The summed E-state index contributed by atoms with van der Waals surface area (Å²) < 4.78 is 10.6. The summed E-state index contributed by atoms with van der Waals surface area (Å²) in [5, 5.41) is 3.09. The molecule has 0 spiro atoms. The third-order valence-electron chi connectivity index (χ3n) is 2.84. The first-order valence-electron chi connectivity index (χ1n) is 5.49. The second-order valence-corrected chi connectivity index (χ2v) is 4.00. The van der Waals surface area contributed by atoms with Gasteiger partial charge in [0.2, 0.25) is 0 Å². The molecule has 0 bridgehead atoms. The molecule has 3 rings (SSSR count). The molecule has 1 aromatic carbocycles. The minimum atomic E-state index is 0.636. The fourth-order valence-corrected chi connectivity index (χ4v) is 1.90. The molecule has 1 aliphatic rings. The SMILES string of the molecule is C=c1ccc2ccoc2/c1=C/C=C1/C=COC1. The van der Waals surface area contributed by atoms with Gasteiger partial charge in [-0.05, 0) is 22.9 Å². The molecule has 0 saturated heterocycles. The van der Waals surface area contributed by atoms with Gasteiger partial charge < -0.3 is 9.15 Å². The van der Waals surface area contributed by atoms with Crippen molar-refractivity contribution in [3.63, 3.8) is 0 Å². The van der Waals surface area contributed by atoms with E-state index in [-0.39, 0.29) is 0 Å². The Morgan fingerprint density at radius 2 is 2.12 bits per heavy atom. The minimum absolute atomic E-state index is 0.636. The molecular weight excluding hydrogens is 212 g/mol. The van der Waals surface area contributed by atoms with Crippen LogP contribution in [0, 0.1) is 0 Å². The van der Waals surface area contributed by atoms with E-state index in [1.807, 2.05) is 36.4 Å². The van der Waals surface area contributed by atoms with Crippen LogP contribution < -0.4 is 10.4 Å². The summed E-state index contributed by atoms with van der Waals surface area (Å²) >= 11 is 0. The number of rotatable bonds is 1. The Labute approximate surface area is 98.8 Å². The summed E-state index contributed by atoms with van der Waals surface area (Å²) in [5.41, 5.74) is 2.03. The maximum Gasteiger partial charge on any atom is 0.141 e. The lowest BCUT2D eigenvalue weighted by atomic mass is 10.1. The maximum absolute atomic E-state index is 5.50. The van der Waals surface area contributed by atoms with Crippen molar-refractivity contribution in [3.05, 3.63) is 58.9 Å². The fraction of sp³-hybridized carbons (Fsp3) is 0.0667. The van der Waals surface area contributed by atoms with Crippen LogP contribution in [0.2, 0.25) is 0 Å². The van der Waals surface area contributed by atoms with Crippen molar-refractivity contribution in [2.45, 2.75) is 0 Å². The van der Waals surface area contributed by atoms with E-state index in [4.69, 9.17) is 9.15 Å². The van der Waals surface area contributed by atoms with Gasteiger partial charge in [0.05, 0.1) is 12.5 Å². The number of ether oxygens (including phenoxy) is 1. The Hall–Kier alpha value is -2.22. The summed E-state index contributed by atoms with van der Waals surface area (Å²) in [4.78, 5) is 0. The molecule has 0 amide bonds. The fourth-order valence-electron chi connectivity index (χ4n) is 1.90. The van der Waals surface area contributed by atoms with E-state index in [0.717, 1.165) is 27.0 Å². The molecule has 2 heterocycles. The predicted octanol–water partition coefficient (Wildman–Crippen LogP) is 2.09. The van der Waals surface area contributed by atoms with Gasteiger partial charge in [0.1, 0.15) is 12.2 Å². The molecule has 2 heteroatoms. The average molecular weight is 224 g/mol. The molecule has 1 aromatic heterocycles. The smallest absolute Gasteiger partial charge is 0.141 e. The number of fused-ring (bicyclic) bond motifs is 1. The molecule has 0 unspecified atom stereocenters. The maximum atomic E-state index is 5.50. The highest BCUT2D eigenvalue weighted by Gasteiger charge is 2.00. The summed E-state index contributed by atoms with van der Waals surface area (Å²) in [6.07, 6.45) is 9.44. The zero-order valence-corrected chi connectivity index (χ0v) is 9.35. The van der Waals surface area contributed by atoms with Gasteiger partial charge in [-0.25, -0.2) is 0 Å². The Balaban J connectivity index is 2.22. The first kappa shape index (κ1) is 9.97. The van der Waals surface area contributed by atoms with Gasteiger partial charge in [-0.2, -0.15) is 0 Å². The molecule has 84 valence electrons. The molecule has 17 heavy (non-hydrogen) atoms. The second-order valence-electron chi connectivity index (χ2n) is 4.00. The number of hydrogen-bond acceptors (Lipinski definition) is 2. The zero-order valence-electron chi connectivity index (χ0n) is 9.35. The molecule has 2 nitrogen and oxygen atoms in total. The normalized spacial score (nSPS) is 18.1. The van der Waals surface area contributed by atoms with E-state index in [9.17, 15) is 0 Å². The van der Waals surface area contributed by atoms with E-state index in [2.05, 4.69) is 6.58 Å². The molecular formula is C15H12O2. The molecule has 0 radical (unpaired) electrons. The number of furan rings is 1. The molecule has 1 aliphatic heterocycles. The number of benzene rings is 1. The molecule has 0 atom stereocenters. The van der Waals surface area contributed by atoms with E-state index >= 15 is 0 Å². The third kappa shape index (κ3) is 1.78. The Morgan fingerprint density at radius 3 is 2.94 bits per heavy atom. The van der Waals surface area contributed by atoms with Crippen molar-refractivity contribution in [1.82, 2.24) is 0 Å². The van der Waals surface area contributed by atoms with Gasteiger partial charge in [-0.1, -0.05) is 30.9 Å². The summed E-state index contributed by atoms with van der Waals surface area (Å²) in [7, 11) is 0. The lowest BCUT2D eigenvalue weighted by molar-refractivity contribution is 0.301. The van der Waals surface area contributed by atoms with E-state index in [1.165, 1.54) is 0 Å². The van der Waals surface area contributed by atoms with Crippen molar-refractivity contribution < 1.29 is 9.15 Å². The van der Waals surface area contributed by atoms with Crippen LogP contribution in [0.5, 0.6) is 0 Å². The van der Waals surface area contributed by atoms with Crippen LogP contribution in [0.25, 0.3) is 23.6 Å². The van der Waals surface area contributed by atoms with E-state index in [1.54, 1.807) is 12.5 Å². The third-order valence-corrected chi connectivity index (χ3v) is 2.84. The highest BCUT2D eigenvalue weighted by molar-refractivity contribution is 5.78. The lowest BCUT2D eigenvalue weighted by Crippen LogP contribution is -2.22. The van der Waals surface area contributed by atoms with Crippen LogP contribution >= 0.6 is 0 Å². The van der Waals surface area contributed by atoms with Crippen LogP contribution in [-0.4, -0.2) is 6.61 Å². The first-order chi connectivity index (χ1) is 8.34. The van der Waals surface area contributed by atoms with Crippen molar-refractivity contribution in [2.75, 3.05) is 6.61 Å². The quantitative estimate of drug-likeness (QED) is 0.740. The van der Waals surface area contributed by atoms with Crippen molar-refractivity contribution >= 4 is 23.6 Å². The number of allylic oxidation sites excluding steroid dienone is 1. The molecule has 0 fully saturated rings. The van der Waals surface area contributed by atoms with Crippen LogP contribution in [0.1, 0.15) is 0 Å². The van der Waals surface area contributed by atoms with Crippen LogP contribution in [-0.2, 0) is 4.74 Å². The van der Waals surface area contributed by atoms with Gasteiger partial charge in [-0.15, -0.1) is 0 Å². The van der Waals surface area contributed by atoms with Gasteiger partial charge >= 0.3 is 0 Å². The number of hydrogen-bond donors (Lipinski definition) is 0. The van der Waals surface area contributed by atoms with Crippen molar-refractivity contribution in [2.24, 2.45) is 0 Å². The molecule has 2 aromatic rings. The molecule has 0 aliphatic carbocycles. The monoisotopic (exact) mass is 224 g/mol. The minimum Gasteiger partial charge on any atom is -0.497 e. The Kier molecular flexibility index (Phi) is 2.33. The van der Waals surface area contributed by atoms with Crippen molar-refractivity contribution in [3.8, 4) is 0 Å². The van der Waals surface area contributed by atoms with Crippen LogP contribution in [0.4, 0.5) is 0 Å². The first-order valence-corrected chi connectivity index (χ1v) is 5.49. The molecule has 0 saturated carbocycles. The molecule has 0 N–H and O–H groups in total. The van der Waals surface area contributed by atoms with Gasteiger partial charge in [0.25, 0.3) is 0 Å². The van der Waals surface area contributed by atoms with Crippen molar-refractivity contribution in [1.29, 1.82) is 0 Å². The predicted molar refractivity (Wildman–Crippen MR) is 68.6 cm³/mol. The lowest BCUT2D eigenvalue weighted by Gasteiger charge is -1.92. The van der Waals surface area contributed by atoms with Gasteiger partial charge in [-0.3, -0.25) is 0 Å². The van der Waals surface area contributed by atoms with Crippen LogP contribution in [0.15, 0.2) is 52.9 Å². The standard InChI is InChI=1S/C15H12O2/c1-11-2-4-13-7-9-17-15(13)14(11)5-3-12-6-8-16-10-12/h2-9H,1,10H2/b12-3-,14-5+. The Morgan fingerprint density at radius 1 is 1.18 bits per heavy atom. The van der Waals surface area contributed by atoms with Gasteiger partial charge in [0.15, 0.2) is 0 Å². The van der Waals surface area contributed by atoms with E-state index in [0.29, 0.717) is 6.61 Å². The summed E-state index contributed by atoms with van der Waals surface area (Å²) in [5.74, 6) is 0. The average Bonchev–Trinajstić information content (AvgIpc) is 2.97. The summed E-state index contributed by atoms with van der Waals surface area (Å²) in [6, 6.07) is 5.98. The summed E-state index contributed by atoms with van der Waals surface area (Å²) in [6.45, 7) is 4.66. The zero-order chi connectivity index (χ0) is 11.7. The van der Waals surface area contributed by atoms with Gasteiger partial charge in [0, 0.05) is 10.6 Å².